The summed E-state index contributed by atoms with van der Waals surface area (Å²) in [5.41, 5.74) is -0.0281. The molecule has 0 bridgehead atoms. The van der Waals surface area contributed by atoms with Crippen molar-refractivity contribution in [2.75, 3.05) is 11.9 Å². The van der Waals surface area contributed by atoms with Crippen molar-refractivity contribution in [2.45, 2.75) is 6.92 Å². The number of rotatable bonds is 4. The molecule has 0 aliphatic rings. The molecule has 1 amide bonds. The van der Waals surface area contributed by atoms with Gasteiger partial charge in [-0.1, -0.05) is 0 Å². The number of carbonyl (C=O) groups excluding carboxylic acids is 2. The van der Waals surface area contributed by atoms with Gasteiger partial charge in [-0.05, 0) is 37.3 Å². The zero-order chi connectivity index (χ0) is 16.1. The third-order valence-corrected chi connectivity index (χ3v) is 2.72. The SMILES string of the molecule is CCOC(=O)c1cccnc1NC(=O)c1ccc(F)c(F)c1. The van der Waals surface area contributed by atoms with Crippen LogP contribution >= 0.6 is 0 Å². The Morgan fingerprint density at radius 1 is 1.23 bits per heavy atom. The summed E-state index contributed by atoms with van der Waals surface area (Å²) in [7, 11) is 0. The van der Waals surface area contributed by atoms with Gasteiger partial charge in [0.05, 0.1) is 6.61 Å². The minimum atomic E-state index is -1.14. The Balaban J connectivity index is 2.25. The Morgan fingerprint density at radius 3 is 2.68 bits per heavy atom. The first-order chi connectivity index (χ1) is 10.5. The second-order valence-electron chi connectivity index (χ2n) is 4.20. The largest absolute Gasteiger partial charge is 0.462 e. The number of amides is 1. The number of hydrogen-bond acceptors (Lipinski definition) is 4. The van der Waals surface area contributed by atoms with E-state index in [1.54, 1.807) is 6.92 Å². The highest BCUT2D eigenvalue weighted by Gasteiger charge is 2.17. The van der Waals surface area contributed by atoms with E-state index >= 15 is 0 Å². The molecule has 114 valence electrons. The Labute approximate surface area is 124 Å². The van der Waals surface area contributed by atoms with E-state index in [1.165, 1.54) is 18.3 Å². The standard InChI is InChI=1S/C15H12F2N2O3/c1-2-22-15(21)10-4-3-7-18-13(10)19-14(20)9-5-6-11(16)12(17)8-9/h3-8H,2H2,1H3,(H,18,19,20). The third kappa shape index (κ3) is 3.43. The normalized spacial score (nSPS) is 10.1. The minimum absolute atomic E-state index is 0.0179. The van der Waals surface area contributed by atoms with Crippen LogP contribution in [0.2, 0.25) is 0 Å². The van der Waals surface area contributed by atoms with E-state index < -0.39 is 23.5 Å². The molecule has 0 aliphatic heterocycles. The van der Waals surface area contributed by atoms with Crippen LogP contribution in [0.25, 0.3) is 0 Å². The lowest BCUT2D eigenvalue weighted by Crippen LogP contribution is -2.17. The van der Waals surface area contributed by atoms with E-state index in [-0.39, 0.29) is 23.6 Å². The highest BCUT2D eigenvalue weighted by atomic mass is 19.2. The van der Waals surface area contributed by atoms with Crippen molar-refractivity contribution in [3.05, 3.63) is 59.3 Å². The van der Waals surface area contributed by atoms with Gasteiger partial charge in [0, 0.05) is 11.8 Å². The number of anilines is 1. The van der Waals surface area contributed by atoms with Crippen molar-refractivity contribution in [1.82, 2.24) is 4.98 Å². The molecule has 0 radical (unpaired) electrons. The molecule has 1 aromatic heterocycles. The van der Waals surface area contributed by atoms with E-state index in [9.17, 15) is 18.4 Å². The molecule has 5 nitrogen and oxygen atoms in total. The first kappa shape index (κ1) is 15.6. The van der Waals surface area contributed by atoms with Gasteiger partial charge in [-0.15, -0.1) is 0 Å². The quantitative estimate of drug-likeness (QED) is 0.882. The number of ether oxygens (including phenoxy) is 1. The molecule has 2 rings (SSSR count). The van der Waals surface area contributed by atoms with E-state index in [1.807, 2.05) is 0 Å². The van der Waals surface area contributed by atoms with E-state index in [4.69, 9.17) is 4.74 Å². The summed E-state index contributed by atoms with van der Waals surface area (Å²) in [6.07, 6.45) is 1.38. The minimum Gasteiger partial charge on any atom is -0.462 e. The molecule has 0 aliphatic carbocycles. The maximum absolute atomic E-state index is 13.1. The predicted molar refractivity (Wildman–Crippen MR) is 74.5 cm³/mol. The molecule has 22 heavy (non-hydrogen) atoms. The molecule has 7 heteroatoms. The molecule has 0 unspecified atom stereocenters. The summed E-state index contributed by atoms with van der Waals surface area (Å²) in [6.45, 7) is 1.82. The van der Waals surface area contributed by atoms with Gasteiger partial charge in [-0.2, -0.15) is 0 Å². The van der Waals surface area contributed by atoms with Crippen molar-refractivity contribution >= 4 is 17.7 Å². The number of pyridine rings is 1. The van der Waals surface area contributed by atoms with Gasteiger partial charge in [0.2, 0.25) is 0 Å². The molecule has 0 saturated heterocycles. The Morgan fingerprint density at radius 2 is 2.00 bits per heavy atom. The number of aromatic nitrogens is 1. The summed E-state index contributed by atoms with van der Waals surface area (Å²) in [4.78, 5) is 27.7. The number of esters is 1. The first-order valence-corrected chi connectivity index (χ1v) is 6.41. The lowest BCUT2D eigenvalue weighted by molar-refractivity contribution is 0.0527. The highest BCUT2D eigenvalue weighted by molar-refractivity contribution is 6.07. The number of nitrogens with one attached hydrogen (secondary N) is 1. The summed E-state index contributed by atoms with van der Waals surface area (Å²) in [5, 5.41) is 2.37. The van der Waals surface area contributed by atoms with Crippen LogP contribution in [0.1, 0.15) is 27.6 Å². The molecule has 0 saturated carbocycles. The molecule has 1 N–H and O–H groups in total. The molecule has 1 heterocycles. The average molecular weight is 306 g/mol. The summed E-state index contributed by atoms with van der Waals surface area (Å²) >= 11 is 0. The fourth-order valence-electron chi connectivity index (χ4n) is 1.70. The number of carbonyl (C=O) groups is 2. The van der Waals surface area contributed by atoms with Crippen LogP contribution in [0, 0.1) is 11.6 Å². The van der Waals surface area contributed by atoms with Gasteiger partial charge in [0.15, 0.2) is 11.6 Å². The van der Waals surface area contributed by atoms with Crippen molar-refractivity contribution in [3.8, 4) is 0 Å². The number of nitrogens with zero attached hydrogens (tertiary/aromatic N) is 1. The van der Waals surface area contributed by atoms with Gasteiger partial charge in [-0.25, -0.2) is 18.6 Å². The molecule has 0 atom stereocenters. The third-order valence-electron chi connectivity index (χ3n) is 2.72. The maximum Gasteiger partial charge on any atom is 0.341 e. The Kier molecular flexibility index (Phi) is 4.77. The van der Waals surface area contributed by atoms with Gasteiger partial charge >= 0.3 is 5.97 Å². The smallest absolute Gasteiger partial charge is 0.341 e. The van der Waals surface area contributed by atoms with Gasteiger partial charge in [-0.3, -0.25) is 4.79 Å². The van der Waals surface area contributed by atoms with Crippen molar-refractivity contribution in [3.63, 3.8) is 0 Å². The Bertz CT molecular complexity index is 720. The van der Waals surface area contributed by atoms with Crippen molar-refractivity contribution < 1.29 is 23.1 Å². The molecule has 1 aromatic carbocycles. The van der Waals surface area contributed by atoms with E-state index in [0.29, 0.717) is 0 Å². The van der Waals surface area contributed by atoms with Crippen molar-refractivity contribution in [1.29, 1.82) is 0 Å². The second kappa shape index (κ2) is 6.75. The fraction of sp³-hybridized carbons (Fsp3) is 0.133. The lowest BCUT2D eigenvalue weighted by Gasteiger charge is -2.09. The van der Waals surface area contributed by atoms with Crippen LogP contribution < -0.4 is 5.32 Å². The fourth-order valence-corrected chi connectivity index (χ4v) is 1.70. The topological polar surface area (TPSA) is 68.3 Å². The van der Waals surface area contributed by atoms with Crippen LogP contribution in [-0.2, 0) is 4.74 Å². The monoisotopic (exact) mass is 306 g/mol. The van der Waals surface area contributed by atoms with Crippen LogP contribution in [0.5, 0.6) is 0 Å². The molecule has 2 aromatic rings. The molecule has 0 spiro atoms. The first-order valence-electron chi connectivity index (χ1n) is 6.41. The average Bonchev–Trinajstić information content (AvgIpc) is 2.50. The summed E-state index contributed by atoms with van der Waals surface area (Å²) in [6, 6.07) is 5.68. The molecule has 0 fully saturated rings. The predicted octanol–water partition coefficient (Wildman–Crippen LogP) is 2.79. The van der Waals surface area contributed by atoms with Crippen LogP contribution in [0.3, 0.4) is 0 Å². The van der Waals surface area contributed by atoms with Gasteiger partial charge < -0.3 is 10.1 Å². The van der Waals surface area contributed by atoms with E-state index in [0.717, 1.165) is 18.2 Å². The van der Waals surface area contributed by atoms with Crippen LogP contribution in [0.15, 0.2) is 36.5 Å². The molecular formula is C15H12F2N2O3. The van der Waals surface area contributed by atoms with Gasteiger partial charge in [0.1, 0.15) is 11.4 Å². The zero-order valence-corrected chi connectivity index (χ0v) is 11.6. The van der Waals surface area contributed by atoms with E-state index in [2.05, 4.69) is 10.3 Å². The number of halogens is 2. The number of benzene rings is 1. The zero-order valence-electron chi connectivity index (χ0n) is 11.6. The molecular weight excluding hydrogens is 294 g/mol. The highest BCUT2D eigenvalue weighted by Crippen LogP contribution is 2.15. The Hall–Kier alpha value is -2.83. The second-order valence-corrected chi connectivity index (χ2v) is 4.20. The van der Waals surface area contributed by atoms with Crippen LogP contribution in [0.4, 0.5) is 14.6 Å². The number of hydrogen-bond donors (Lipinski definition) is 1. The van der Waals surface area contributed by atoms with Crippen molar-refractivity contribution in [2.24, 2.45) is 0 Å². The summed E-state index contributed by atoms with van der Waals surface area (Å²) < 4.78 is 30.9. The summed E-state index contributed by atoms with van der Waals surface area (Å²) in [5.74, 6) is -3.57. The van der Waals surface area contributed by atoms with Gasteiger partial charge in [0.25, 0.3) is 5.91 Å². The lowest BCUT2D eigenvalue weighted by atomic mass is 10.2. The maximum atomic E-state index is 13.1. The van der Waals surface area contributed by atoms with Crippen LogP contribution in [-0.4, -0.2) is 23.5 Å².